The molecule has 124 valence electrons. The topological polar surface area (TPSA) is 64.0 Å². The Hall–Kier alpha value is -2.02. The fourth-order valence-corrected chi connectivity index (χ4v) is 3.83. The molecule has 0 spiro atoms. The monoisotopic (exact) mass is 381 g/mol. The van der Waals surface area contributed by atoms with Crippen molar-refractivity contribution in [3.63, 3.8) is 0 Å². The van der Waals surface area contributed by atoms with Gasteiger partial charge in [0, 0.05) is 5.02 Å². The minimum Gasteiger partial charge on any atom is -0.278 e. The lowest BCUT2D eigenvalue weighted by Gasteiger charge is -2.09. The van der Waals surface area contributed by atoms with Crippen molar-refractivity contribution in [1.82, 2.24) is 9.78 Å². The molecule has 0 amide bonds. The highest BCUT2D eigenvalue weighted by Gasteiger charge is 2.22. The molecule has 3 rings (SSSR count). The summed E-state index contributed by atoms with van der Waals surface area (Å²) in [6, 6.07) is 13.8. The van der Waals surface area contributed by atoms with E-state index in [0.29, 0.717) is 10.7 Å². The zero-order valence-electron chi connectivity index (χ0n) is 12.6. The number of anilines is 1. The zero-order chi connectivity index (χ0) is 17.3. The van der Waals surface area contributed by atoms with Gasteiger partial charge in [0.15, 0.2) is 0 Å². The molecule has 3 aromatic rings. The van der Waals surface area contributed by atoms with Crippen LogP contribution in [-0.4, -0.2) is 18.2 Å². The van der Waals surface area contributed by atoms with Crippen molar-refractivity contribution in [3.05, 3.63) is 70.5 Å². The van der Waals surface area contributed by atoms with Gasteiger partial charge < -0.3 is 0 Å². The van der Waals surface area contributed by atoms with Crippen LogP contribution in [0.4, 0.5) is 5.69 Å². The third-order valence-electron chi connectivity index (χ3n) is 3.34. The highest BCUT2D eigenvalue weighted by molar-refractivity contribution is 7.92. The van der Waals surface area contributed by atoms with Gasteiger partial charge in [-0.25, -0.2) is 13.1 Å². The standard InChI is InChI=1S/C16H13Cl2N3O2S/c1-11-16(10-21(19-11)13-5-3-2-4-6-13)24(22,23)20-15-9-12(17)7-8-14(15)18/h2-10,20H,1H3. The molecular formula is C16H13Cl2N3O2S. The van der Waals surface area contributed by atoms with Gasteiger partial charge in [0.05, 0.1) is 28.3 Å². The van der Waals surface area contributed by atoms with Gasteiger partial charge in [0.2, 0.25) is 0 Å². The summed E-state index contributed by atoms with van der Waals surface area (Å²) < 4.78 is 29.3. The summed E-state index contributed by atoms with van der Waals surface area (Å²) >= 11 is 11.9. The molecule has 8 heteroatoms. The van der Waals surface area contributed by atoms with Crippen LogP contribution in [0, 0.1) is 6.92 Å². The van der Waals surface area contributed by atoms with E-state index in [9.17, 15) is 8.42 Å². The lowest BCUT2D eigenvalue weighted by Crippen LogP contribution is -2.13. The van der Waals surface area contributed by atoms with Crippen LogP contribution in [0.5, 0.6) is 0 Å². The van der Waals surface area contributed by atoms with Gasteiger partial charge in [-0.05, 0) is 37.3 Å². The highest BCUT2D eigenvalue weighted by Crippen LogP contribution is 2.28. The fourth-order valence-electron chi connectivity index (χ4n) is 2.20. The first-order valence-electron chi connectivity index (χ1n) is 6.96. The Kier molecular flexibility index (Phi) is 4.54. The Labute approximate surface area is 149 Å². The maximum absolute atomic E-state index is 12.7. The summed E-state index contributed by atoms with van der Waals surface area (Å²) in [7, 11) is -3.85. The van der Waals surface area contributed by atoms with E-state index in [1.807, 2.05) is 30.3 Å². The van der Waals surface area contributed by atoms with E-state index in [1.165, 1.54) is 23.0 Å². The van der Waals surface area contributed by atoms with Crippen LogP contribution in [0.1, 0.15) is 5.69 Å². The van der Waals surface area contributed by atoms with Crippen molar-refractivity contribution in [2.24, 2.45) is 0 Å². The molecule has 0 unspecified atom stereocenters. The Balaban J connectivity index is 1.99. The SMILES string of the molecule is Cc1nn(-c2ccccc2)cc1S(=O)(=O)Nc1cc(Cl)ccc1Cl. The van der Waals surface area contributed by atoms with Crippen LogP contribution in [0.2, 0.25) is 10.0 Å². The third kappa shape index (κ3) is 3.40. The summed E-state index contributed by atoms with van der Waals surface area (Å²) in [5.41, 5.74) is 1.36. The van der Waals surface area contributed by atoms with E-state index in [0.717, 1.165) is 5.69 Å². The molecule has 0 fully saturated rings. The number of nitrogens with zero attached hydrogens (tertiary/aromatic N) is 2. The summed E-state index contributed by atoms with van der Waals surface area (Å²) in [6.07, 6.45) is 1.46. The van der Waals surface area contributed by atoms with Gasteiger partial charge in [0.25, 0.3) is 10.0 Å². The molecule has 0 saturated carbocycles. The number of hydrogen-bond donors (Lipinski definition) is 1. The average molecular weight is 382 g/mol. The van der Waals surface area contributed by atoms with Gasteiger partial charge in [-0.2, -0.15) is 5.10 Å². The molecule has 0 radical (unpaired) electrons. The summed E-state index contributed by atoms with van der Waals surface area (Å²) in [4.78, 5) is 0.0717. The van der Waals surface area contributed by atoms with Crippen LogP contribution >= 0.6 is 23.2 Å². The molecule has 0 aliphatic heterocycles. The predicted molar refractivity (Wildman–Crippen MR) is 95.6 cm³/mol. The molecule has 2 aromatic carbocycles. The molecule has 0 aliphatic rings. The predicted octanol–water partition coefficient (Wildman–Crippen LogP) is 4.29. The first-order chi connectivity index (χ1) is 11.4. The number of rotatable bonds is 4. The van der Waals surface area contributed by atoms with Crippen molar-refractivity contribution in [2.45, 2.75) is 11.8 Å². The van der Waals surface area contributed by atoms with Gasteiger partial charge >= 0.3 is 0 Å². The van der Waals surface area contributed by atoms with Crippen molar-refractivity contribution >= 4 is 38.9 Å². The van der Waals surface area contributed by atoms with E-state index < -0.39 is 10.0 Å². The van der Waals surface area contributed by atoms with Gasteiger partial charge in [-0.1, -0.05) is 41.4 Å². The Morgan fingerprint density at radius 3 is 2.50 bits per heavy atom. The van der Waals surface area contributed by atoms with Crippen LogP contribution in [-0.2, 0) is 10.0 Å². The highest BCUT2D eigenvalue weighted by atomic mass is 35.5. The quantitative estimate of drug-likeness (QED) is 0.732. The normalized spacial score (nSPS) is 11.5. The third-order valence-corrected chi connectivity index (χ3v) is 5.37. The first-order valence-corrected chi connectivity index (χ1v) is 9.20. The summed E-state index contributed by atoms with van der Waals surface area (Å²) in [5, 5.41) is 4.91. The number of hydrogen-bond acceptors (Lipinski definition) is 3. The van der Waals surface area contributed by atoms with E-state index in [2.05, 4.69) is 9.82 Å². The van der Waals surface area contributed by atoms with Gasteiger partial charge in [-0.15, -0.1) is 0 Å². The van der Waals surface area contributed by atoms with E-state index in [4.69, 9.17) is 23.2 Å². The van der Waals surface area contributed by atoms with Crippen molar-refractivity contribution < 1.29 is 8.42 Å². The Morgan fingerprint density at radius 1 is 1.08 bits per heavy atom. The Morgan fingerprint density at radius 2 is 1.79 bits per heavy atom. The second-order valence-corrected chi connectivity index (χ2v) is 7.58. The van der Waals surface area contributed by atoms with Crippen LogP contribution in [0.15, 0.2) is 59.6 Å². The number of halogens is 2. The van der Waals surface area contributed by atoms with E-state index >= 15 is 0 Å². The second kappa shape index (κ2) is 6.47. The maximum atomic E-state index is 12.7. The largest absolute Gasteiger partial charge is 0.278 e. The average Bonchev–Trinajstić information content (AvgIpc) is 2.94. The number of sulfonamides is 1. The number of nitrogens with one attached hydrogen (secondary N) is 1. The number of para-hydroxylation sites is 1. The summed E-state index contributed by atoms with van der Waals surface area (Å²) in [5.74, 6) is 0. The van der Waals surface area contributed by atoms with Crippen molar-refractivity contribution in [3.8, 4) is 5.69 Å². The number of aryl methyl sites for hydroxylation is 1. The second-order valence-electron chi connectivity index (χ2n) is 5.09. The van der Waals surface area contributed by atoms with Gasteiger partial charge in [0.1, 0.15) is 4.90 Å². The fraction of sp³-hybridized carbons (Fsp3) is 0.0625. The molecular weight excluding hydrogens is 369 g/mol. The summed E-state index contributed by atoms with van der Waals surface area (Å²) in [6.45, 7) is 1.63. The van der Waals surface area contributed by atoms with Gasteiger partial charge in [-0.3, -0.25) is 4.72 Å². The van der Waals surface area contributed by atoms with E-state index in [1.54, 1.807) is 13.0 Å². The molecule has 0 aliphatic carbocycles. The zero-order valence-corrected chi connectivity index (χ0v) is 14.9. The number of aromatic nitrogens is 2. The lowest BCUT2D eigenvalue weighted by molar-refractivity contribution is 0.600. The molecule has 0 saturated heterocycles. The van der Waals surface area contributed by atoms with Crippen molar-refractivity contribution in [2.75, 3.05) is 4.72 Å². The minimum absolute atomic E-state index is 0.0717. The van der Waals surface area contributed by atoms with Crippen molar-refractivity contribution in [1.29, 1.82) is 0 Å². The Bertz CT molecular complexity index is 986. The molecule has 24 heavy (non-hydrogen) atoms. The smallest absolute Gasteiger partial charge is 0.265 e. The number of benzene rings is 2. The maximum Gasteiger partial charge on any atom is 0.265 e. The minimum atomic E-state index is -3.85. The molecule has 0 bridgehead atoms. The molecule has 1 N–H and O–H groups in total. The molecule has 0 atom stereocenters. The van der Waals surface area contributed by atoms with Crippen LogP contribution < -0.4 is 4.72 Å². The van der Waals surface area contributed by atoms with Crippen LogP contribution in [0.3, 0.4) is 0 Å². The van der Waals surface area contributed by atoms with E-state index in [-0.39, 0.29) is 15.6 Å². The molecule has 1 heterocycles. The molecule has 1 aromatic heterocycles. The van der Waals surface area contributed by atoms with Crippen LogP contribution in [0.25, 0.3) is 5.69 Å². The lowest BCUT2D eigenvalue weighted by atomic mass is 10.3. The first kappa shape index (κ1) is 16.8. The molecule has 5 nitrogen and oxygen atoms in total.